The van der Waals surface area contributed by atoms with E-state index in [4.69, 9.17) is 0 Å². The molecule has 5 heteroatoms. The van der Waals surface area contributed by atoms with Crippen molar-refractivity contribution in [2.75, 3.05) is 11.9 Å². The van der Waals surface area contributed by atoms with E-state index in [0.29, 0.717) is 25.1 Å². The summed E-state index contributed by atoms with van der Waals surface area (Å²) in [6.45, 7) is 2.71. The first-order valence-electron chi connectivity index (χ1n) is 6.94. The summed E-state index contributed by atoms with van der Waals surface area (Å²) < 4.78 is 0.953. The van der Waals surface area contributed by atoms with Gasteiger partial charge in [0.15, 0.2) is 0 Å². The van der Waals surface area contributed by atoms with Gasteiger partial charge >= 0.3 is 0 Å². The normalized spacial score (nSPS) is 15.5. The molecule has 0 aromatic heterocycles. The fourth-order valence-electron chi connectivity index (χ4n) is 2.01. The highest BCUT2D eigenvalue weighted by Crippen LogP contribution is 2.46. The lowest BCUT2D eigenvalue weighted by molar-refractivity contribution is -0.134. The summed E-state index contributed by atoms with van der Waals surface area (Å²) in [7, 11) is 0. The second-order valence-electron chi connectivity index (χ2n) is 5.15. The minimum absolute atomic E-state index is 0.138. The molecule has 1 aliphatic carbocycles. The minimum Gasteiger partial charge on any atom is -0.355 e. The zero-order chi connectivity index (χ0) is 14.6. The van der Waals surface area contributed by atoms with E-state index >= 15 is 0 Å². The van der Waals surface area contributed by atoms with Crippen LogP contribution in [-0.2, 0) is 9.59 Å². The number of amides is 2. The highest BCUT2D eigenvalue weighted by molar-refractivity contribution is 9.10. The van der Waals surface area contributed by atoms with Gasteiger partial charge in [-0.25, -0.2) is 0 Å². The summed E-state index contributed by atoms with van der Waals surface area (Å²) in [6, 6.07) is 7.34. The van der Waals surface area contributed by atoms with Gasteiger partial charge in [0, 0.05) is 16.7 Å². The number of anilines is 1. The van der Waals surface area contributed by atoms with E-state index in [9.17, 15) is 9.59 Å². The maximum atomic E-state index is 12.3. The fourth-order valence-corrected chi connectivity index (χ4v) is 2.28. The summed E-state index contributed by atoms with van der Waals surface area (Å²) in [5.74, 6) is -0.339. The SMILES string of the molecule is CCCCNC(=O)C1(C(=O)Nc2ccc(Br)cc2)CC1. The van der Waals surface area contributed by atoms with Gasteiger partial charge in [0.2, 0.25) is 11.8 Å². The molecule has 0 unspecified atom stereocenters. The third kappa shape index (κ3) is 3.39. The molecule has 1 saturated carbocycles. The lowest BCUT2D eigenvalue weighted by atomic mass is 10.0. The second-order valence-corrected chi connectivity index (χ2v) is 6.07. The Bertz CT molecular complexity index is 495. The molecule has 108 valence electrons. The van der Waals surface area contributed by atoms with Gasteiger partial charge in [-0.1, -0.05) is 29.3 Å². The molecule has 2 rings (SSSR count). The quantitative estimate of drug-likeness (QED) is 0.618. The Balaban J connectivity index is 1.94. The summed E-state index contributed by atoms with van der Waals surface area (Å²) in [5, 5.41) is 5.68. The average Bonchev–Trinajstić information content (AvgIpc) is 3.23. The second kappa shape index (κ2) is 6.39. The Labute approximate surface area is 127 Å². The van der Waals surface area contributed by atoms with Crippen LogP contribution in [0.15, 0.2) is 28.7 Å². The summed E-state index contributed by atoms with van der Waals surface area (Å²) in [4.78, 5) is 24.4. The number of benzene rings is 1. The molecule has 0 spiro atoms. The van der Waals surface area contributed by atoms with Crippen LogP contribution in [0.2, 0.25) is 0 Å². The van der Waals surface area contributed by atoms with Gasteiger partial charge in [-0.2, -0.15) is 0 Å². The minimum atomic E-state index is -0.846. The van der Waals surface area contributed by atoms with E-state index in [-0.39, 0.29) is 11.8 Å². The van der Waals surface area contributed by atoms with Crippen molar-refractivity contribution in [1.82, 2.24) is 5.32 Å². The molecule has 1 aromatic rings. The Morgan fingerprint density at radius 1 is 1.20 bits per heavy atom. The van der Waals surface area contributed by atoms with Gasteiger partial charge in [-0.3, -0.25) is 9.59 Å². The molecule has 1 aliphatic rings. The molecule has 0 aliphatic heterocycles. The molecular weight excluding hydrogens is 320 g/mol. The maximum Gasteiger partial charge on any atom is 0.240 e. The standard InChI is InChI=1S/C15H19BrN2O2/c1-2-3-10-17-13(19)15(8-9-15)14(20)18-12-6-4-11(16)5-7-12/h4-7H,2-3,8-10H2,1H3,(H,17,19)(H,18,20). The van der Waals surface area contributed by atoms with E-state index < -0.39 is 5.41 Å². The van der Waals surface area contributed by atoms with Crippen LogP contribution in [0.25, 0.3) is 0 Å². The number of hydrogen-bond donors (Lipinski definition) is 2. The van der Waals surface area contributed by atoms with Crippen molar-refractivity contribution in [3.8, 4) is 0 Å². The van der Waals surface area contributed by atoms with Crippen molar-refractivity contribution in [1.29, 1.82) is 0 Å². The summed E-state index contributed by atoms with van der Waals surface area (Å²) in [6.07, 6.45) is 3.23. The van der Waals surface area contributed by atoms with Crippen LogP contribution in [0, 0.1) is 5.41 Å². The topological polar surface area (TPSA) is 58.2 Å². The van der Waals surface area contributed by atoms with Crippen LogP contribution in [0.3, 0.4) is 0 Å². The molecule has 0 bridgehead atoms. The van der Waals surface area contributed by atoms with Crippen LogP contribution in [-0.4, -0.2) is 18.4 Å². The third-order valence-corrected chi connectivity index (χ3v) is 4.07. The maximum absolute atomic E-state index is 12.3. The molecular formula is C15H19BrN2O2. The van der Waals surface area contributed by atoms with Crippen LogP contribution >= 0.6 is 15.9 Å². The number of unbranched alkanes of at least 4 members (excludes halogenated alkanes) is 1. The zero-order valence-corrected chi connectivity index (χ0v) is 13.1. The molecule has 0 heterocycles. The molecule has 0 radical (unpaired) electrons. The van der Waals surface area contributed by atoms with Crippen molar-refractivity contribution >= 4 is 33.4 Å². The molecule has 1 fully saturated rings. The van der Waals surface area contributed by atoms with Gasteiger partial charge in [0.05, 0.1) is 0 Å². The van der Waals surface area contributed by atoms with Crippen LogP contribution in [0.4, 0.5) is 5.69 Å². The van der Waals surface area contributed by atoms with Gasteiger partial charge in [0.25, 0.3) is 0 Å². The highest BCUT2D eigenvalue weighted by Gasteiger charge is 2.56. The molecule has 1 aromatic carbocycles. The molecule has 2 N–H and O–H groups in total. The molecule has 20 heavy (non-hydrogen) atoms. The van der Waals surface area contributed by atoms with Crippen molar-refractivity contribution in [2.24, 2.45) is 5.41 Å². The van der Waals surface area contributed by atoms with Crippen molar-refractivity contribution in [3.05, 3.63) is 28.7 Å². The predicted molar refractivity (Wildman–Crippen MR) is 82.4 cm³/mol. The first-order chi connectivity index (χ1) is 9.58. The van der Waals surface area contributed by atoms with Gasteiger partial charge < -0.3 is 10.6 Å². The number of carbonyl (C=O) groups is 2. The summed E-state index contributed by atoms with van der Waals surface area (Å²) >= 11 is 3.35. The molecule has 0 saturated heterocycles. The smallest absolute Gasteiger partial charge is 0.240 e. The van der Waals surface area contributed by atoms with Crippen molar-refractivity contribution < 1.29 is 9.59 Å². The van der Waals surface area contributed by atoms with Crippen LogP contribution in [0.5, 0.6) is 0 Å². The van der Waals surface area contributed by atoms with E-state index in [1.165, 1.54) is 0 Å². The van der Waals surface area contributed by atoms with Crippen molar-refractivity contribution in [3.63, 3.8) is 0 Å². The van der Waals surface area contributed by atoms with Crippen molar-refractivity contribution in [2.45, 2.75) is 32.6 Å². The van der Waals surface area contributed by atoms with Gasteiger partial charge in [-0.15, -0.1) is 0 Å². The Hall–Kier alpha value is -1.36. The number of halogens is 1. The molecule has 4 nitrogen and oxygen atoms in total. The summed E-state index contributed by atoms with van der Waals surface area (Å²) in [5.41, 5.74) is -0.133. The average molecular weight is 339 g/mol. The van der Waals surface area contributed by atoms with E-state index in [1.54, 1.807) is 0 Å². The van der Waals surface area contributed by atoms with Gasteiger partial charge in [0.1, 0.15) is 5.41 Å². The fraction of sp³-hybridized carbons (Fsp3) is 0.467. The van der Waals surface area contributed by atoms with E-state index in [1.807, 2.05) is 24.3 Å². The number of carbonyl (C=O) groups excluding carboxylic acids is 2. The number of nitrogens with one attached hydrogen (secondary N) is 2. The first kappa shape index (κ1) is 15.0. The van der Waals surface area contributed by atoms with Crippen LogP contribution < -0.4 is 10.6 Å². The Morgan fingerprint density at radius 3 is 2.40 bits per heavy atom. The largest absolute Gasteiger partial charge is 0.355 e. The first-order valence-corrected chi connectivity index (χ1v) is 7.73. The molecule has 2 amide bonds. The lowest BCUT2D eigenvalue weighted by Crippen LogP contribution is -2.40. The van der Waals surface area contributed by atoms with Crippen LogP contribution in [0.1, 0.15) is 32.6 Å². The van der Waals surface area contributed by atoms with E-state index in [2.05, 4.69) is 33.5 Å². The van der Waals surface area contributed by atoms with Gasteiger partial charge in [-0.05, 0) is 43.5 Å². The predicted octanol–water partition coefficient (Wildman–Crippen LogP) is 3.08. The monoisotopic (exact) mass is 338 g/mol. The number of rotatable bonds is 6. The Morgan fingerprint density at radius 2 is 1.85 bits per heavy atom. The number of hydrogen-bond acceptors (Lipinski definition) is 2. The Kier molecular flexibility index (Phi) is 4.81. The zero-order valence-electron chi connectivity index (χ0n) is 11.5. The third-order valence-electron chi connectivity index (χ3n) is 3.54. The highest BCUT2D eigenvalue weighted by atomic mass is 79.9. The molecule has 0 atom stereocenters. The lowest BCUT2D eigenvalue weighted by Gasteiger charge is -2.15. The van der Waals surface area contributed by atoms with E-state index in [0.717, 1.165) is 17.3 Å².